The van der Waals surface area contributed by atoms with Crippen molar-refractivity contribution in [3.05, 3.63) is 11.6 Å². The van der Waals surface area contributed by atoms with Crippen LogP contribution in [0.25, 0.3) is 0 Å². The van der Waals surface area contributed by atoms with E-state index in [1.165, 1.54) is 13.2 Å². The third-order valence-electron chi connectivity index (χ3n) is 0.999. The van der Waals surface area contributed by atoms with Gasteiger partial charge in [-0.3, -0.25) is 4.89 Å². The van der Waals surface area contributed by atoms with Gasteiger partial charge in [-0.25, -0.2) is 4.79 Å². The molecule has 66 valence electrons. The Morgan fingerprint density at radius 3 is 2.50 bits per heavy atom. The molecule has 12 heavy (non-hydrogen) atoms. The zero-order valence-corrected chi connectivity index (χ0v) is 7.33. The lowest BCUT2D eigenvalue weighted by molar-refractivity contribution is -0.250. The van der Waals surface area contributed by atoms with Crippen molar-refractivity contribution in [1.29, 1.82) is 5.26 Å². The molecule has 0 heterocycles. The predicted molar refractivity (Wildman–Crippen MR) is 41.6 cm³/mol. The molecule has 0 saturated carbocycles. The Bertz CT molecular complexity index is 225. The molecule has 0 aliphatic rings. The van der Waals surface area contributed by atoms with Crippen LogP contribution in [0, 0.1) is 17.2 Å². The summed E-state index contributed by atoms with van der Waals surface area (Å²) in [5.41, 5.74) is -0.0353. The lowest BCUT2D eigenvalue weighted by Crippen LogP contribution is -2.06. The van der Waals surface area contributed by atoms with E-state index in [0.717, 1.165) is 0 Å². The van der Waals surface area contributed by atoms with Crippen LogP contribution < -0.4 is 0 Å². The second-order valence-corrected chi connectivity index (χ2v) is 2.47. The van der Waals surface area contributed by atoms with Gasteiger partial charge < -0.3 is 0 Å². The number of nitrogens with zero attached hydrogens (tertiary/aromatic N) is 1. The third kappa shape index (κ3) is 3.74. The maximum atomic E-state index is 10.9. The van der Waals surface area contributed by atoms with Gasteiger partial charge in [0.15, 0.2) is 0 Å². The molecule has 0 radical (unpaired) electrons. The summed E-state index contributed by atoms with van der Waals surface area (Å²) in [5, 5.41) is 8.50. The minimum Gasteiger partial charge on any atom is -0.292 e. The molecule has 0 aliphatic carbocycles. The van der Waals surface area contributed by atoms with Crippen LogP contribution in [-0.2, 0) is 14.6 Å². The molecule has 4 heteroatoms. The Hall–Kier alpha value is -1.34. The summed E-state index contributed by atoms with van der Waals surface area (Å²) < 4.78 is 0. The highest BCUT2D eigenvalue weighted by molar-refractivity contribution is 5.92. The van der Waals surface area contributed by atoms with Crippen LogP contribution in [0.5, 0.6) is 0 Å². The molecule has 0 bridgehead atoms. The smallest absolute Gasteiger partial charge is 0.292 e. The van der Waals surface area contributed by atoms with Gasteiger partial charge in [0.1, 0.15) is 11.6 Å². The zero-order chi connectivity index (χ0) is 9.56. The van der Waals surface area contributed by atoms with E-state index >= 15 is 0 Å². The van der Waals surface area contributed by atoms with Gasteiger partial charge in [-0.05, 0) is 5.92 Å². The molecule has 0 spiro atoms. The predicted octanol–water partition coefficient (Wildman–Crippen LogP) is 1.20. The van der Waals surface area contributed by atoms with Crippen molar-refractivity contribution in [3.8, 4) is 6.07 Å². The van der Waals surface area contributed by atoms with Crippen LogP contribution in [0.1, 0.15) is 13.8 Å². The van der Waals surface area contributed by atoms with Crippen molar-refractivity contribution >= 4 is 5.97 Å². The first kappa shape index (κ1) is 10.7. The van der Waals surface area contributed by atoms with Crippen LogP contribution in [0.3, 0.4) is 0 Å². The highest BCUT2D eigenvalue weighted by Crippen LogP contribution is 2.03. The molecule has 0 fully saturated rings. The number of nitriles is 1. The van der Waals surface area contributed by atoms with E-state index in [0.29, 0.717) is 0 Å². The van der Waals surface area contributed by atoms with Gasteiger partial charge in [0, 0.05) is 0 Å². The Labute approximate surface area is 71.3 Å². The molecule has 0 aliphatic heterocycles. The Balaban J connectivity index is 4.37. The highest BCUT2D eigenvalue weighted by Gasteiger charge is 2.10. The van der Waals surface area contributed by atoms with E-state index in [2.05, 4.69) is 9.78 Å². The number of allylic oxidation sites excluding steroid dienone is 1. The first-order valence-electron chi connectivity index (χ1n) is 3.48. The van der Waals surface area contributed by atoms with Gasteiger partial charge in [-0.15, -0.1) is 0 Å². The SMILES string of the molecule is COOC(=O)C(C#N)=CC(C)C. The van der Waals surface area contributed by atoms with Crippen molar-refractivity contribution < 1.29 is 14.6 Å². The topological polar surface area (TPSA) is 59.3 Å². The highest BCUT2D eigenvalue weighted by atomic mass is 17.2. The number of hydrogen-bond acceptors (Lipinski definition) is 4. The van der Waals surface area contributed by atoms with Gasteiger partial charge in [0.2, 0.25) is 0 Å². The summed E-state index contributed by atoms with van der Waals surface area (Å²) in [6, 6.07) is 1.72. The molecule has 0 aromatic rings. The molecule has 0 saturated heterocycles. The van der Waals surface area contributed by atoms with Crippen molar-refractivity contribution in [2.45, 2.75) is 13.8 Å². The molecular weight excluding hydrogens is 158 g/mol. The average molecular weight is 169 g/mol. The maximum absolute atomic E-state index is 10.9. The Morgan fingerprint density at radius 1 is 1.58 bits per heavy atom. The summed E-state index contributed by atoms with van der Waals surface area (Å²) in [6.07, 6.45) is 1.52. The van der Waals surface area contributed by atoms with Crippen LogP contribution >= 0.6 is 0 Å². The average Bonchev–Trinajstić information content (AvgIpc) is 2.00. The second-order valence-electron chi connectivity index (χ2n) is 2.47. The molecule has 0 aromatic heterocycles. The number of rotatable bonds is 3. The molecule has 0 atom stereocenters. The number of hydrogen-bond donors (Lipinski definition) is 0. The normalized spacial score (nSPS) is 11.1. The summed E-state index contributed by atoms with van der Waals surface area (Å²) in [5.74, 6) is -0.627. The lowest BCUT2D eigenvalue weighted by atomic mass is 10.1. The maximum Gasteiger partial charge on any atom is 0.383 e. The van der Waals surface area contributed by atoms with Crippen molar-refractivity contribution in [1.82, 2.24) is 0 Å². The summed E-state index contributed by atoms with van der Waals surface area (Å²) in [6.45, 7) is 3.72. The summed E-state index contributed by atoms with van der Waals surface area (Å²) in [7, 11) is 1.21. The minimum atomic E-state index is -0.756. The first-order valence-corrected chi connectivity index (χ1v) is 3.48. The fraction of sp³-hybridized carbons (Fsp3) is 0.500. The van der Waals surface area contributed by atoms with Crippen LogP contribution in [0.2, 0.25) is 0 Å². The first-order chi connectivity index (χ1) is 5.61. The fourth-order valence-electron chi connectivity index (χ4n) is 0.605. The lowest BCUT2D eigenvalue weighted by Gasteiger charge is -1.98. The van der Waals surface area contributed by atoms with Crippen LogP contribution in [0.4, 0.5) is 0 Å². The van der Waals surface area contributed by atoms with Gasteiger partial charge in [-0.1, -0.05) is 19.9 Å². The minimum absolute atomic E-state index is 0.0353. The molecule has 0 aromatic carbocycles. The monoisotopic (exact) mass is 169 g/mol. The number of carbonyl (C=O) groups excluding carboxylic acids is 1. The Kier molecular flexibility index (Phi) is 4.73. The summed E-state index contributed by atoms with van der Waals surface area (Å²) in [4.78, 5) is 19.2. The molecule has 0 rings (SSSR count). The fourth-order valence-corrected chi connectivity index (χ4v) is 0.605. The second kappa shape index (κ2) is 5.33. The van der Waals surface area contributed by atoms with E-state index in [-0.39, 0.29) is 11.5 Å². The van der Waals surface area contributed by atoms with Crippen LogP contribution in [-0.4, -0.2) is 13.1 Å². The molecule has 0 amide bonds. The van der Waals surface area contributed by atoms with Gasteiger partial charge in [0.05, 0.1) is 7.11 Å². The van der Waals surface area contributed by atoms with Crippen molar-refractivity contribution in [2.75, 3.05) is 7.11 Å². The quantitative estimate of drug-likeness (QED) is 0.275. The standard InChI is InChI=1S/C8H11NO3/c1-6(2)4-7(5-9)8(10)12-11-3/h4,6H,1-3H3. The third-order valence-corrected chi connectivity index (χ3v) is 0.999. The van der Waals surface area contributed by atoms with E-state index in [4.69, 9.17) is 5.26 Å². The van der Waals surface area contributed by atoms with E-state index in [9.17, 15) is 4.79 Å². The summed E-state index contributed by atoms with van der Waals surface area (Å²) >= 11 is 0. The molecule has 0 N–H and O–H groups in total. The van der Waals surface area contributed by atoms with Gasteiger partial charge in [0.25, 0.3) is 0 Å². The van der Waals surface area contributed by atoms with Crippen molar-refractivity contribution in [2.24, 2.45) is 5.92 Å². The largest absolute Gasteiger partial charge is 0.383 e. The van der Waals surface area contributed by atoms with Gasteiger partial charge in [-0.2, -0.15) is 10.1 Å². The van der Waals surface area contributed by atoms with Crippen molar-refractivity contribution in [3.63, 3.8) is 0 Å². The Morgan fingerprint density at radius 2 is 2.17 bits per heavy atom. The molecule has 0 unspecified atom stereocenters. The van der Waals surface area contributed by atoms with E-state index in [1.807, 2.05) is 13.8 Å². The number of carbonyl (C=O) groups is 1. The molecular formula is C8H11NO3. The zero-order valence-electron chi connectivity index (χ0n) is 7.33. The molecule has 4 nitrogen and oxygen atoms in total. The van der Waals surface area contributed by atoms with E-state index < -0.39 is 5.97 Å². The van der Waals surface area contributed by atoms with E-state index in [1.54, 1.807) is 6.07 Å². The van der Waals surface area contributed by atoms with Gasteiger partial charge >= 0.3 is 5.97 Å². The van der Waals surface area contributed by atoms with Crippen LogP contribution in [0.15, 0.2) is 11.6 Å².